The molecule has 170 valence electrons. The molecule has 2 amide bonds. The lowest BCUT2D eigenvalue weighted by Gasteiger charge is -2.43. The van der Waals surface area contributed by atoms with Crippen molar-refractivity contribution in [2.45, 2.75) is 31.2 Å². The number of alkyl halides is 2. The van der Waals surface area contributed by atoms with Gasteiger partial charge in [0.05, 0.1) is 11.1 Å². The van der Waals surface area contributed by atoms with Crippen LogP contribution in [0.1, 0.15) is 44.9 Å². The van der Waals surface area contributed by atoms with Crippen LogP contribution in [0.2, 0.25) is 0 Å². The van der Waals surface area contributed by atoms with Crippen molar-refractivity contribution in [2.75, 3.05) is 5.32 Å². The van der Waals surface area contributed by atoms with Gasteiger partial charge in [0.25, 0.3) is 23.5 Å². The smallest absolute Gasteiger partial charge is 0.293 e. The molecule has 0 radical (unpaired) electrons. The number of amides is 2. The Bertz CT molecular complexity index is 1280. The van der Waals surface area contributed by atoms with Crippen molar-refractivity contribution in [2.24, 2.45) is 7.05 Å². The van der Waals surface area contributed by atoms with Gasteiger partial charge in [-0.05, 0) is 25.1 Å². The Labute approximate surface area is 185 Å². The molecule has 0 spiro atoms. The summed E-state index contributed by atoms with van der Waals surface area (Å²) in [5.41, 5.74) is -3.51. The predicted octanol–water partition coefficient (Wildman–Crippen LogP) is 2.84. The SMILES string of the molecule is C#CC1(NC(=O)C(=O)c2c(F)c(C(=O)Nc3ccc(F)c(C#N)c3)n(C)c2C)CC(F)(F)C1. The maximum Gasteiger partial charge on any atom is 0.293 e. The third-order valence-corrected chi connectivity index (χ3v) is 5.37. The minimum absolute atomic E-state index is 0.0105. The standard InChI is InChI=1S/C22H16F4N4O3/c1-4-21(9-22(25,26)10-21)29-20(33)18(31)15-11(2)30(3)17(16(15)24)19(32)28-13-5-6-14(23)12(7-13)8-27/h1,5-7H,9-10H2,2-3H3,(H,28,32)(H,29,33). The molecule has 33 heavy (non-hydrogen) atoms. The van der Waals surface area contributed by atoms with E-state index in [0.29, 0.717) is 0 Å². The molecule has 1 aliphatic rings. The van der Waals surface area contributed by atoms with Crippen molar-refractivity contribution in [3.8, 4) is 18.4 Å². The van der Waals surface area contributed by atoms with Crippen LogP contribution in [-0.4, -0.2) is 33.6 Å². The number of benzene rings is 1. The van der Waals surface area contributed by atoms with Crippen LogP contribution >= 0.6 is 0 Å². The summed E-state index contributed by atoms with van der Waals surface area (Å²) in [4.78, 5) is 37.6. The highest BCUT2D eigenvalue weighted by Gasteiger charge is 2.57. The molecule has 0 unspecified atom stereocenters. The fraction of sp³-hybridized carbons (Fsp3) is 0.273. The highest BCUT2D eigenvalue weighted by Crippen LogP contribution is 2.45. The summed E-state index contributed by atoms with van der Waals surface area (Å²) in [7, 11) is 1.27. The van der Waals surface area contributed by atoms with Gasteiger partial charge < -0.3 is 15.2 Å². The Hall–Kier alpha value is -4.12. The van der Waals surface area contributed by atoms with Crippen LogP contribution in [0.25, 0.3) is 0 Å². The number of nitrogens with one attached hydrogen (secondary N) is 2. The van der Waals surface area contributed by atoms with E-state index < -0.39 is 64.8 Å². The first-order chi connectivity index (χ1) is 15.3. The molecule has 7 nitrogen and oxygen atoms in total. The number of nitriles is 1. The first kappa shape index (κ1) is 23.5. The number of ketones is 1. The maximum absolute atomic E-state index is 15.1. The number of rotatable bonds is 5. The molecule has 3 rings (SSSR count). The first-order valence-corrected chi connectivity index (χ1v) is 9.43. The number of carbonyl (C=O) groups excluding carboxylic acids is 3. The Morgan fingerprint density at radius 3 is 2.39 bits per heavy atom. The molecule has 0 atom stereocenters. The molecule has 0 bridgehead atoms. The zero-order valence-corrected chi connectivity index (χ0v) is 17.4. The van der Waals surface area contributed by atoms with E-state index in [9.17, 15) is 27.6 Å². The molecule has 0 saturated heterocycles. The van der Waals surface area contributed by atoms with E-state index in [1.807, 2.05) is 5.92 Å². The Balaban J connectivity index is 1.87. The zero-order valence-electron chi connectivity index (χ0n) is 17.4. The maximum atomic E-state index is 15.1. The Morgan fingerprint density at radius 2 is 1.85 bits per heavy atom. The topological polar surface area (TPSA) is 104 Å². The van der Waals surface area contributed by atoms with Gasteiger partial charge in [-0.3, -0.25) is 14.4 Å². The molecular weight excluding hydrogens is 444 g/mol. The van der Waals surface area contributed by atoms with E-state index in [-0.39, 0.29) is 16.9 Å². The summed E-state index contributed by atoms with van der Waals surface area (Å²) < 4.78 is 56.1. The van der Waals surface area contributed by atoms with Crippen LogP contribution in [0.15, 0.2) is 18.2 Å². The molecule has 1 aromatic heterocycles. The van der Waals surface area contributed by atoms with Crippen molar-refractivity contribution in [3.63, 3.8) is 0 Å². The average Bonchev–Trinajstić information content (AvgIpc) is 2.95. The van der Waals surface area contributed by atoms with Gasteiger partial charge in [0, 0.05) is 31.3 Å². The lowest BCUT2D eigenvalue weighted by atomic mass is 9.74. The van der Waals surface area contributed by atoms with Crippen LogP contribution < -0.4 is 10.6 Å². The quantitative estimate of drug-likeness (QED) is 0.310. The van der Waals surface area contributed by atoms with Gasteiger partial charge in [0.1, 0.15) is 23.1 Å². The molecule has 2 aromatic rings. The minimum atomic E-state index is -3.09. The highest BCUT2D eigenvalue weighted by molar-refractivity contribution is 6.43. The van der Waals surface area contributed by atoms with Crippen molar-refractivity contribution in [3.05, 3.63) is 52.3 Å². The van der Waals surface area contributed by atoms with E-state index in [0.717, 1.165) is 22.8 Å². The number of halogens is 4. The second-order valence-corrected chi connectivity index (χ2v) is 7.66. The molecule has 1 aromatic carbocycles. The number of carbonyl (C=O) groups is 3. The van der Waals surface area contributed by atoms with E-state index in [1.54, 1.807) is 6.07 Å². The molecule has 1 aliphatic carbocycles. The monoisotopic (exact) mass is 460 g/mol. The number of hydrogen-bond donors (Lipinski definition) is 2. The summed E-state index contributed by atoms with van der Waals surface area (Å²) in [6, 6.07) is 4.71. The van der Waals surface area contributed by atoms with Crippen molar-refractivity contribution in [1.82, 2.24) is 9.88 Å². The normalized spacial score (nSPS) is 15.5. The second kappa shape index (κ2) is 8.10. The number of terminal acetylenes is 1. The Morgan fingerprint density at radius 1 is 1.21 bits per heavy atom. The van der Waals surface area contributed by atoms with Crippen LogP contribution in [0.3, 0.4) is 0 Å². The van der Waals surface area contributed by atoms with E-state index in [2.05, 4.69) is 10.6 Å². The number of hydrogen-bond acceptors (Lipinski definition) is 4. The predicted molar refractivity (Wildman–Crippen MR) is 107 cm³/mol. The molecule has 1 saturated carbocycles. The summed E-state index contributed by atoms with van der Waals surface area (Å²) in [6.07, 6.45) is 3.51. The number of Topliss-reactive ketones (excluding diaryl/α,β-unsaturated/α-hetero) is 1. The second-order valence-electron chi connectivity index (χ2n) is 7.66. The number of aromatic nitrogens is 1. The fourth-order valence-electron chi connectivity index (χ4n) is 3.60. The molecular formula is C22H16F4N4O3. The lowest BCUT2D eigenvalue weighted by Crippen LogP contribution is -2.62. The van der Waals surface area contributed by atoms with Gasteiger partial charge in [0.15, 0.2) is 5.82 Å². The van der Waals surface area contributed by atoms with Gasteiger partial charge in [-0.15, -0.1) is 6.42 Å². The zero-order chi connectivity index (χ0) is 24.7. The van der Waals surface area contributed by atoms with Crippen molar-refractivity contribution in [1.29, 1.82) is 5.26 Å². The third kappa shape index (κ3) is 4.17. The number of anilines is 1. The van der Waals surface area contributed by atoms with Crippen LogP contribution in [-0.2, 0) is 11.8 Å². The van der Waals surface area contributed by atoms with Crippen LogP contribution in [0.5, 0.6) is 0 Å². The van der Waals surface area contributed by atoms with Gasteiger partial charge in [-0.1, -0.05) is 5.92 Å². The first-order valence-electron chi connectivity index (χ1n) is 9.43. The molecule has 1 heterocycles. The molecule has 2 N–H and O–H groups in total. The fourth-order valence-corrected chi connectivity index (χ4v) is 3.60. The van der Waals surface area contributed by atoms with Crippen molar-refractivity contribution >= 4 is 23.3 Å². The van der Waals surface area contributed by atoms with Gasteiger partial charge in [0.2, 0.25) is 0 Å². The van der Waals surface area contributed by atoms with Gasteiger partial charge in [-0.25, -0.2) is 17.6 Å². The van der Waals surface area contributed by atoms with Gasteiger partial charge in [-0.2, -0.15) is 5.26 Å². The van der Waals surface area contributed by atoms with Crippen LogP contribution in [0, 0.1) is 42.2 Å². The molecule has 0 aliphatic heterocycles. The van der Waals surface area contributed by atoms with Crippen molar-refractivity contribution < 1.29 is 31.9 Å². The summed E-state index contributed by atoms with van der Waals surface area (Å²) in [6.45, 7) is 1.28. The third-order valence-electron chi connectivity index (χ3n) is 5.37. The summed E-state index contributed by atoms with van der Waals surface area (Å²) in [5.74, 6) is -7.00. The number of nitrogens with zero attached hydrogens (tertiary/aromatic N) is 2. The molecule has 1 fully saturated rings. The average molecular weight is 460 g/mol. The molecule has 11 heteroatoms. The minimum Gasteiger partial charge on any atom is -0.341 e. The van der Waals surface area contributed by atoms with Crippen LogP contribution in [0.4, 0.5) is 23.2 Å². The largest absolute Gasteiger partial charge is 0.341 e. The van der Waals surface area contributed by atoms with E-state index in [1.165, 1.54) is 14.0 Å². The van der Waals surface area contributed by atoms with Gasteiger partial charge >= 0.3 is 0 Å². The lowest BCUT2D eigenvalue weighted by molar-refractivity contribution is -0.133. The Kier molecular flexibility index (Phi) is 5.78. The highest BCUT2D eigenvalue weighted by atomic mass is 19.3. The van der Waals surface area contributed by atoms with E-state index >= 15 is 4.39 Å². The van der Waals surface area contributed by atoms with E-state index in [4.69, 9.17) is 11.7 Å². The summed E-state index contributed by atoms with van der Waals surface area (Å²) >= 11 is 0. The summed E-state index contributed by atoms with van der Waals surface area (Å²) in [5, 5.41) is 13.2.